The summed E-state index contributed by atoms with van der Waals surface area (Å²) in [5.74, 6) is -0.152. The van der Waals surface area contributed by atoms with Gasteiger partial charge in [-0.15, -0.1) is 0 Å². The number of nitrogens with one attached hydrogen (secondary N) is 2. The highest BCUT2D eigenvalue weighted by molar-refractivity contribution is 6.03. The van der Waals surface area contributed by atoms with Crippen LogP contribution in [-0.4, -0.2) is 46.4 Å². The van der Waals surface area contributed by atoms with Crippen LogP contribution in [0.3, 0.4) is 0 Å². The molecule has 2 N–H and O–H groups in total. The first kappa shape index (κ1) is 21.5. The molecule has 0 unspecified atom stereocenters. The molecule has 0 fully saturated rings. The van der Waals surface area contributed by atoms with Crippen molar-refractivity contribution in [1.29, 1.82) is 0 Å². The Kier molecular flexibility index (Phi) is 7.41. The number of hydrogen-bond acceptors (Lipinski definition) is 7. The minimum Gasteiger partial charge on any atom is -0.493 e. The average Bonchev–Trinajstić information content (AvgIpc) is 2.76. The normalized spacial score (nSPS) is 9.93. The molecule has 0 radical (unpaired) electrons. The number of ether oxygens (including phenoxy) is 4. The zero-order valence-corrected chi connectivity index (χ0v) is 16.5. The molecule has 2 aromatic rings. The lowest BCUT2D eigenvalue weighted by molar-refractivity contribution is 0.0587. The summed E-state index contributed by atoms with van der Waals surface area (Å²) in [7, 11) is 5.51. The second kappa shape index (κ2) is 9.98. The molecule has 29 heavy (non-hydrogen) atoms. The van der Waals surface area contributed by atoms with E-state index in [1.807, 2.05) is 0 Å². The molecule has 2 rings (SSSR count). The Bertz CT molecular complexity index is 912. The van der Waals surface area contributed by atoms with Crippen LogP contribution in [0.15, 0.2) is 36.4 Å². The second-order valence-corrected chi connectivity index (χ2v) is 5.74. The fourth-order valence-electron chi connectivity index (χ4n) is 2.52. The lowest BCUT2D eigenvalue weighted by atomic mass is 10.1. The molecule has 9 heteroatoms. The van der Waals surface area contributed by atoms with Gasteiger partial charge >= 0.3 is 18.0 Å². The molecule has 154 valence electrons. The van der Waals surface area contributed by atoms with Crippen LogP contribution in [-0.2, 0) is 16.0 Å². The van der Waals surface area contributed by atoms with Crippen LogP contribution in [0.2, 0.25) is 0 Å². The Balaban J connectivity index is 2.15. The van der Waals surface area contributed by atoms with E-state index in [4.69, 9.17) is 14.2 Å². The number of hydrogen-bond donors (Lipinski definition) is 2. The summed E-state index contributed by atoms with van der Waals surface area (Å²) in [6.07, 6.45) is 0. The van der Waals surface area contributed by atoms with E-state index < -0.39 is 18.0 Å². The summed E-state index contributed by atoms with van der Waals surface area (Å²) in [6, 6.07) is 8.78. The van der Waals surface area contributed by atoms with Crippen molar-refractivity contribution in [2.75, 3.05) is 33.8 Å². The summed E-state index contributed by atoms with van der Waals surface area (Å²) >= 11 is 0. The van der Waals surface area contributed by atoms with Crippen LogP contribution in [0.5, 0.6) is 11.5 Å². The van der Waals surface area contributed by atoms with Crippen molar-refractivity contribution in [1.82, 2.24) is 5.32 Å². The maximum Gasteiger partial charge on any atom is 0.339 e. The van der Waals surface area contributed by atoms with Crippen LogP contribution >= 0.6 is 0 Å². The average molecular weight is 402 g/mol. The number of carbonyl (C=O) groups excluding carboxylic acids is 3. The van der Waals surface area contributed by atoms with Gasteiger partial charge in [0.25, 0.3) is 0 Å². The van der Waals surface area contributed by atoms with Gasteiger partial charge in [0.2, 0.25) is 0 Å². The summed E-state index contributed by atoms with van der Waals surface area (Å²) < 4.78 is 19.8. The molecule has 0 aliphatic rings. The lowest BCUT2D eigenvalue weighted by Crippen LogP contribution is -2.29. The highest BCUT2D eigenvalue weighted by Crippen LogP contribution is 2.27. The van der Waals surface area contributed by atoms with E-state index in [0.717, 1.165) is 5.56 Å². The van der Waals surface area contributed by atoms with Crippen molar-refractivity contribution in [3.05, 3.63) is 53.1 Å². The molecule has 0 aliphatic carbocycles. The lowest BCUT2D eigenvalue weighted by Gasteiger charge is -2.13. The smallest absolute Gasteiger partial charge is 0.339 e. The van der Waals surface area contributed by atoms with Crippen molar-refractivity contribution in [2.24, 2.45) is 0 Å². The summed E-state index contributed by atoms with van der Waals surface area (Å²) in [6.45, 7) is 0.191. The number of rotatable bonds is 7. The molecule has 0 saturated carbocycles. The molecule has 0 saturated heterocycles. The van der Waals surface area contributed by atoms with Crippen LogP contribution < -0.4 is 20.1 Å². The van der Waals surface area contributed by atoms with Crippen LogP contribution in [0, 0.1) is 0 Å². The SMILES string of the molecule is COC(=O)c1ccc(C(=O)OC)c(NC(=O)NCc2ccc(OC)c(OC)c2)c1. The summed E-state index contributed by atoms with van der Waals surface area (Å²) in [4.78, 5) is 36.0. The first-order valence-corrected chi connectivity index (χ1v) is 8.50. The third kappa shape index (κ3) is 5.38. The predicted octanol–water partition coefficient (Wildman–Crippen LogP) is 2.60. The van der Waals surface area contributed by atoms with Gasteiger partial charge in [0.15, 0.2) is 11.5 Å². The number of benzene rings is 2. The zero-order chi connectivity index (χ0) is 21.4. The summed E-state index contributed by atoms with van der Waals surface area (Å²) in [5.41, 5.74) is 1.16. The molecule has 0 heterocycles. The Morgan fingerprint density at radius 3 is 2.14 bits per heavy atom. The van der Waals surface area contributed by atoms with E-state index in [1.54, 1.807) is 18.2 Å². The summed E-state index contributed by atoms with van der Waals surface area (Å²) in [5, 5.41) is 5.22. The quantitative estimate of drug-likeness (QED) is 0.685. The van der Waals surface area contributed by atoms with Gasteiger partial charge in [0.1, 0.15) is 0 Å². The molecule has 0 aliphatic heterocycles. The van der Waals surface area contributed by atoms with E-state index >= 15 is 0 Å². The van der Waals surface area contributed by atoms with Crippen LogP contribution in [0.25, 0.3) is 0 Å². The van der Waals surface area contributed by atoms with Crippen LogP contribution in [0.4, 0.5) is 10.5 Å². The standard InChI is InChI=1S/C20H22N2O7/c1-26-16-8-5-12(9-17(16)27-2)11-21-20(25)22-15-10-13(18(23)28-3)6-7-14(15)19(24)29-4/h5-10H,11H2,1-4H3,(H2,21,22,25). The van der Waals surface area contributed by atoms with E-state index in [2.05, 4.69) is 15.4 Å². The molecule has 0 bridgehead atoms. The predicted molar refractivity (Wildman–Crippen MR) is 105 cm³/mol. The third-order valence-electron chi connectivity index (χ3n) is 4.00. The molecule has 0 aromatic heterocycles. The highest BCUT2D eigenvalue weighted by atomic mass is 16.5. The van der Waals surface area contributed by atoms with Gasteiger partial charge in [-0.25, -0.2) is 14.4 Å². The van der Waals surface area contributed by atoms with Gasteiger partial charge in [0, 0.05) is 6.54 Å². The number of esters is 2. The van der Waals surface area contributed by atoms with Gasteiger partial charge in [0.05, 0.1) is 45.3 Å². The number of carbonyl (C=O) groups is 3. The second-order valence-electron chi connectivity index (χ2n) is 5.74. The fourth-order valence-corrected chi connectivity index (χ4v) is 2.52. The molecule has 9 nitrogen and oxygen atoms in total. The minimum atomic E-state index is -0.656. The largest absolute Gasteiger partial charge is 0.493 e. The van der Waals surface area contributed by atoms with Gasteiger partial charge < -0.3 is 29.6 Å². The monoisotopic (exact) mass is 402 g/mol. The van der Waals surface area contributed by atoms with Gasteiger partial charge in [-0.3, -0.25) is 0 Å². The Morgan fingerprint density at radius 2 is 1.52 bits per heavy atom. The molecule has 2 amide bonds. The first-order valence-electron chi connectivity index (χ1n) is 8.50. The van der Waals surface area contributed by atoms with E-state index in [-0.39, 0.29) is 23.4 Å². The fraction of sp³-hybridized carbons (Fsp3) is 0.250. The van der Waals surface area contributed by atoms with Crippen molar-refractivity contribution < 1.29 is 33.3 Å². The molecular formula is C20H22N2O7. The maximum absolute atomic E-state index is 12.3. The van der Waals surface area contributed by atoms with Crippen molar-refractivity contribution in [3.63, 3.8) is 0 Å². The van der Waals surface area contributed by atoms with E-state index in [9.17, 15) is 14.4 Å². The third-order valence-corrected chi connectivity index (χ3v) is 4.00. The number of anilines is 1. The van der Waals surface area contributed by atoms with Gasteiger partial charge in [-0.2, -0.15) is 0 Å². The van der Waals surface area contributed by atoms with Gasteiger partial charge in [-0.1, -0.05) is 6.07 Å². The van der Waals surface area contributed by atoms with Crippen molar-refractivity contribution in [3.8, 4) is 11.5 Å². The van der Waals surface area contributed by atoms with Crippen molar-refractivity contribution in [2.45, 2.75) is 6.54 Å². The molecule has 0 atom stereocenters. The Hall–Kier alpha value is -3.75. The van der Waals surface area contributed by atoms with E-state index in [0.29, 0.717) is 11.5 Å². The first-order chi connectivity index (χ1) is 13.9. The number of amides is 2. The van der Waals surface area contributed by atoms with Crippen molar-refractivity contribution >= 4 is 23.7 Å². The number of urea groups is 1. The molecule has 2 aromatic carbocycles. The minimum absolute atomic E-state index is 0.0985. The highest BCUT2D eigenvalue weighted by Gasteiger charge is 2.17. The Labute approximate surface area is 167 Å². The topological polar surface area (TPSA) is 112 Å². The maximum atomic E-state index is 12.3. The molecular weight excluding hydrogens is 380 g/mol. The molecule has 0 spiro atoms. The Morgan fingerprint density at radius 1 is 0.828 bits per heavy atom. The van der Waals surface area contributed by atoms with E-state index in [1.165, 1.54) is 46.6 Å². The zero-order valence-electron chi connectivity index (χ0n) is 16.5. The van der Waals surface area contributed by atoms with Crippen LogP contribution in [0.1, 0.15) is 26.3 Å². The number of methoxy groups -OCH3 is 4. The van der Waals surface area contributed by atoms with Gasteiger partial charge in [-0.05, 0) is 35.9 Å².